The third-order valence-corrected chi connectivity index (χ3v) is 7.01. The van der Waals surface area contributed by atoms with Crippen LogP contribution in [0, 0.1) is 11.3 Å². The first-order valence-electron chi connectivity index (χ1n) is 10.8. The Bertz CT molecular complexity index is 715. The molecule has 1 unspecified atom stereocenters. The standard InChI is InChI=1S/C25H36N2O/c1-20-19-27(3)21(2)16-25(20,17-22-8-6-5-7-9-22)14-15-26-18-23-10-12-24(28-4)13-11-23/h5-13,20-21,26H,14-19H2,1-4H3/p+2/t20-,21+,25-/m1/s1. The highest BCUT2D eigenvalue weighted by molar-refractivity contribution is 5.26. The highest BCUT2D eigenvalue weighted by atomic mass is 16.5. The van der Waals surface area contributed by atoms with Gasteiger partial charge in [0.1, 0.15) is 12.3 Å². The van der Waals surface area contributed by atoms with Crippen molar-refractivity contribution in [2.24, 2.45) is 11.3 Å². The molecule has 1 aliphatic rings. The highest BCUT2D eigenvalue weighted by Crippen LogP contribution is 2.40. The normalized spacial score (nSPS) is 27.5. The molecule has 28 heavy (non-hydrogen) atoms. The second-order valence-electron chi connectivity index (χ2n) is 8.96. The molecule has 0 aromatic heterocycles. The van der Waals surface area contributed by atoms with Crippen LogP contribution in [0.5, 0.6) is 5.75 Å². The second-order valence-corrected chi connectivity index (χ2v) is 8.96. The number of quaternary nitrogens is 2. The van der Waals surface area contributed by atoms with Crippen LogP contribution in [-0.2, 0) is 13.0 Å². The zero-order valence-corrected chi connectivity index (χ0v) is 18.1. The lowest BCUT2D eigenvalue weighted by Crippen LogP contribution is -3.15. The van der Waals surface area contributed by atoms with Crippen LogP contribution in [0.1, 0.15) is 37.8 Å². The zero-order valence-electron chi connectivity index (χ0n) is 18.1. The van der Waals surface area contributed by atoms with Gasteiger partial charge in [-0.2, -0.15) is 0 Å². The molecule has 152 valence electrons. The first-order valence-corrected chi connectivity index (χ1v) is 10.8. The Balaban J connectivity index is 1.63. The van der Waals surface area contributed by atoms with Crippen LogP contribution in [0.3, 0.4) is 0 Å². The summed E-state index contributed by atoms with van der Waals surface area (Å²) in [7, 11) is 4.09. The molecule has 0 amide bonds. The zero-order chi connectivity index (χ0) is 20.0. The van der Waals surface area contributed by atoms with Crippen molar-refractivity contribution in [1.82, 2.24) is 0 Å². The maximum Gasteiger partial charge on any atom is 0.118 e. The number of piperidine rings is 1. The number of methoxy groups -OCH3 is 1. The van der Waals surface area contributed by atoms with E-state index >= 15 is 0 Å². The number of nitrogens with one attached hydrogen (secondary N) is 1. The lowest BCUT2D eigenvalue weighted by molar-refractivity contribution is -0.916. The maximum absolute atomic E-state index is 5.26. The Morgan fingerprint density at radius 1 is 1.04 bits per heavy atom. The Labute approximate surface area is 171 Å². The number of hydrogen-bond acceptors (Lipinski definition) is 1. The van der Waals surface area contributed by atoms with Gasteiger partial charge in [-0.15, -0.1) is 0 Å². The van der Waals surface area contributed by atoms with Gasteiger partial charge >= 0.3 is 0 Å². The van der Waals surface area contributed by atoms with Crippen LogP contribution in [-0.4, -0.2) is 33.3 Å². The average Bonchev–Trinajstić information content (AvgIpc) is 2.71. The fourth-order valence-electron chi connectivity index (χ4n) is 4.99. The molecule has 1 saturated heterocycles. The van der Waals surface area contributed by atoms with Crippen LogP contribution in [0.4, 0.5) is 0 Å². The number of rotatable bonds is 8. The third kappa shape index (κ3) is 5.15. The minimum atomic E-state index is 0.413. The van der Waals surface area contributed by atoms with Crippen molar-refractivity contribution in [3.63, 3.8) is 0 Å². The van der Waals surface area contributed by atoms with Gasteiger partial charge in [0.2, 0.25) is 0 Å². The van der Waals surface area contributed by atoms with Gasteiger partial charge in [0.15, 0.2) is 0 Å². The molecule has 2 aromatic carbocycles. The first-order chi connectivity index (χ1) is 13.5. The van der Waals surface area contributed by atoms with Crippen molar-refractivity contribution in [2.75, 3.05) is 27.2 Å². The van der Waals surface area contributed by atoms with Gasteiger partial charge in [0, 0.05) is 24.3 Å². The van der Waals surface area contributed by atoms with Crippen LogP contribution in [0.15, 0.2) is 54.6 Å². The molecule has 0 aliphatic carbocycles. The minimum Gasteiger partial charge on any atom is -0.497 e. The summed E-state index contributed by atoms with van der Waals surface area (Å²) in [5, 5.41) is 2.48. The van der Waals surface area contributed by atoms with E-state index in [0.717, 1.165) is 24.3 Å². The van der Waals surface area contributed by atoms with E-state index in [1.807, 2.05) is 0 Å². The highest BCUT2D eigenvalue weighted by Gasteiger charge is 2.44. The van der Waals surface area contributed by atoms with Crippen molar-refractivity contribution >= 4 is 0 Å². The predicted octanol–water partition coefficient (Wildman–Crippen LogP) is 2.32. The molecule has 3 nitrogen and oxygen atoms in total. The van der Waals surface area contributed by atoms with Gasteiger partial charge in [-0.05, 0) is 48.6 Å². The van der Waals surface area contributed by atoms with Gasteiger partial charge in [-0.3, -0.25) is 0 Å². The van der Waals surface area contributed by atoms with E-state index in [1.54, 1.807) is 12.0 Å². The van der Waals surface area contributed by atoms with Gasteiger partial charge in [-0.25, -0.2) is 0 Å². The fraction of sp³-hybridized carbons (Fsp3) is 0.520. The molecule has 1 fully saturated rings. The van der Waals surface area contributed by atoms with Crippen molar-refractivity contribution in [3.8, 4) is 5.75 Å². The Morgan fingerprint density at radius 3 is 2.43 bits per heavy atom. The predicted molar refractivity (Wildman–Crippen MR) is 116 cm³/mol. The first kappa shape index (κ1) is 20.9. The van der Waals surface area contributed by atoms with Crippen molar-refractivity contribution < 1.29 is 15.0 Å². The second kappa shape index (κ2) is 9.58. The van der Waals surface area contributed by atoms with Gasteiger partial charge in [0.25, 0.3) is 0 Å². The summed E-state index contributed by atoms with van der Waals surface area (Å²) >= 11 is 0. The molecule has 3 rings (SSSR count). The Hall–Kier alpha value is -1.84. The van der Waals surface area contributed by atoms with E-state index in [2.05, 4.69) is 80.8 Å². The molecule has 0 bridgehead atoms. The maximum atomic E-state index is 5.26. The molecular formula is C25H38N2O+2. The Morgan fingerprint density at radius 2 is 1.75 bits per heavy atom. The smallest absolute Gasteiger partial charge is 0.118 e. The molecule has 4 atom stereocenters. The van der Waals surface area contributed by atoms with Crippen LogP contribution < -0.4 is 15.0 Å². The molecular weight excluding hydrogens is 344 g/mol. The summed E-state index contributed by atoms with van der Waals surface area (Å²) in [6, 6.07) is 20.3. The quantitative estimate of drug-likeness (QED) is 0.675. The average molecular weight is 383 g/mol. The molecule has 1 aliphatic heterocycles. The summed E-state index contributed by atoms with van der Waals surface area (Å²) in [6.07, 6.45) is 3.82. The van der Waals surface area contributed by atoms with Gasteiger partial charge in [-0.1, -0.05) is 37.3 Å². The van der Waals surface area contributed by atoms with Crippen LogP contribution >= 0.6 is 0 Å². The summed E-state index contributed by atoms with van der Waals surface area (Å²) < 4.78 is 5.26. The Kier molecular flexibility index (Phi) is 7.14. The van der Waals surface area contributed by atoms with Crippen LogP contribution in [0.25, 0.3) is 0 Å². The molecule has 0 spiro atoms. The van der Waals surface area contributed by atoms with E-state index < -0.39 is 0 Å². The molecule has 1 heterocycles. The van der Waals surface area contributed by atoms with E-state index in [4.69, 9.17) is 4.74 Å². The summed E-state index contributed by atoms with van der Waals surface area (Å²) in [5.74, 6) is 1.68. The monoisotopic (exact) mass is 382 g/mol. The summed E-state index contributed by atoms with van der Waals surface area (Å²) in [6.45, 7) is 8.44. The third-order valence-electron chi connectivity index (χ3n) is 7.01. The number of likely N-dealkylation sites (tertiary alicyclic amines) is 1. The summed E-state index contributed by atoms with van der Waals surface area (Å²) in [5.41, 5.74) is 3.28. The number of hydrogen-bond donors (Lipinski definition) is 2. The fourth-order valence-corrected chi connectivity index (χ4v) is 4.99. The van der Waals surface area contributed by atoms with Gasteiger partial charge < -0.3 is 15.0 Å². The number of ether oxygens (including phenoxy) is 1. The topological polar surface area (TPSA) is 30.3 Å². The minimum absolute atomic E-state index is 0.413. The van der Waals surface area contributed by atoms with E-state index in [1.165, 1.54) is 43.5 Å². The van der Waals surface area contributed by atoms with Gasteiger partial charge in [0.05, 0.1) is 33.3 Å². The van der Waals surface area contributed by atoms with Crippen molar-refractivity contribution in [2.45, 2.75) is 45.7 Å². The summed E-state index contributed by atoms with van der Waals surface area (Å²) in [4.78, 5) is 1.69. The van der Waals surface area contributed by atoms with E-state index in [0.29, 0.717) is 5.41 Å². The number of nitrogens with two attached hydrogens (primary N) is 1. The van der Waals surface area contributed by atoms with Crippen LogP contribution in [0.2, 0.25) is 0 Å². The number of benzene rings is 2. The van der Waals surface area contributed by atoms with Crippen molar-refractivity contribution in [3.05, 3.63) is 65.7 Å². The van der Waals surface area contributed by atoms with E-state index in [9.17, 15) is 0 Å². The molecule has 0 saturated carbocycles. The largest absolute Gasteiger partial charge is 0.497 e. The molecule has 0 radical (unpaired) electrons. The SMILES string of the molecule is COc1ccc(C[NH2+]CC[C@]2(Cc3ccccc3)C[C@H](C)[NH+](C)C[C@H]2C)cc1. The molecule has 2 aromatic rings. The molecule has 3 N–H and O–H groups in total. The molecule has 3 heteroatoms. The lowest BCUT2D eigenvalue weighted by Gasteiger charge is -2.47. The van der Waals surface area contributed by atoms with E-state index in [-0.39, 0.29) is 0 Å². The lowest BCUT2D eigenvalue weighted by atomic mass is 9.63. The van der Waals surface area contributed by atoms with Crippen molar-refractivity contribution in [1.29, 1.82) is 0 Å².